The van der Waals surface area contributed by atoms with Crippen LogP contribution in [0.1, 0.15) is 34.8 Å². The molecule has 0 saturated carbocycles. The van der Waals surface area contributed by atoms with Crippen molar-refractivity contribution in [3.05, 3.63) is 74.7 Å². The van der Waals surface area contributed by atoms with E-state index in [2.05, 4.69) is 46.6 Å². The van der Waals surface area contributed by atoms with E-state index in [0.717, 1.165) is 27.2 Å². The van der Waals surface area contributed by atoms with Crippen molar-refractivity contribution >= 4 is 57.7 Å². The summed E-state index contributed by atoms with van der Waals surface area (Å²) in [5.74, 6) is 1.12. The minimum atomic E-state index is -0.218. The maximum Gasteiger partial charge on any atom is 0.257 e. The van der Waals surface area contributed by atoms with Gasteiger partial charge in [0.05, 0.1) is 5.69 Å². The van der Waals surface area contributed by atoms with Gasteiger partial charge in [0.15, 0.2) is 8.29 Å². The lowest BCUT2D eigenvalue weighted by Crippen LogP contribution is -2.11. The second kappa shape index (κ2) is 10.5. The van der Waals surface area contributed by atoms with Gasteiger partial charge in [-0.2, -0.15) is 0 Å². The number of rotatable bonds is 8. The van der Waals surface area contributed by atoms with Gasteiger partial charge in [-0.05, 0) is 48.0 Å². The monoisotopic (exact) mass is 499 g/mol. The molecule has 4 rings (SSSR count). The Labute approximate surface area is 203 Å². The second-order valence-corrected chi connectivity index (χ2v) is 11.3. The summed E-state index contributed by atoms with van der Waals surface area (Å²) in [6, 6.07) is 17.5. The summed E-state index contributed by atoms with van der Waals surface area (Å²) in [6.45, 7) is 4.25. The maximum absolute atomic E-state index is 12.6. The maximum atomic E-state index is 12.6. The zero-order chi connectivity index (χ0) is 22.5. The fourth-order valence-electron chi connectivity index (χ4n) is 2.86. The zero-order valence-corrected chi connectivity index (χ0v) is 20.8. The largest absolute Gasteiger partial charge is 0.296 e. The van der Waals surface area contributed by atoms with Gasteiger partial charge in [0, 0.05) is 17.7 Å². The molecule has 0 fully saturated rings. The third kappa shape index (κ3) is 5.89. The first-order chi connectivity index (χ1) is 15.5. The van der Waals surface area contributed by atoms with Crippen LogP contribution in [0.25, 0.3) is 5.69 Å². The van der Waals surface area contributed by atoms with E-state index in [4.69, 9.17) is 12.2 Å². The summed E-state index contributed by atoms with van der Waals surface area (Å²) in [6.07, 6.45) is 0.849. The van der Waals surface area contributed by atoms with Gasteiger partial charge < -0.3 is 0 Å². The van der Waals surface area contributed by atoms with E-state index in [9.17, 15) is 4.79 Å². The molecule has 2 heterocycles. The standard InChI is InChI=1S/C22H21N5OS4/c1-14(2)12-18-24-25-20(31-18)23-19(28)16-8-10-17(11-9-16)27-22(29)32-21(26-27)30-13-15-6-4-3-5-7-15/h3-11,14H,12-13H2,1-2H3,(H,23,25,28). The second-order valence-electron chi connectivity index (χ2n) is 7.42. The van der Waals surface area contributed by atoms with Gasteiger partial charge in [0.1, 0.15) is 5.01 Å². The number of carbonyl (C=O) groups excluding carboxylic acids is 1. The molecule has 2 aromatic carbocycles. The normalized spacial score (nSPS) is 11.1. The van der Waals surface area contributed by atoms with Crippen LogP contribution in [0, 0.1) is 9.87 Å². The third-order valence-electron chi connectivity index (χ3n) is 4.38. The number of nitrogens with zero attached hydrogens (tertiary/aromatic N) is 4. The first-order valence-electron chi connectivity index (χ1n) is 9.99. The number of anilines is 1. The average molecular weight is 500 g/mol. The molecule has 10 heteroatoms. The first-order valence-corrected chi connectivity index (χ1v) is 13.0. The van der Waals surface area contributed by atoms with E-state index in [0.29, 0.717) is 20.6 Å². The van der Waals surface area contributed by atoms with E-state index in [1.165, 1.54) is 28.2 Å². The smallest absolute Gasteiger partial charge is 0.257 e. The molecule has 0 bridgehead atoms. The summed E-state index contributed by atoms with van der Waals surface area (Å²) in [4.78, 5) is 12.6. The van der Waals surface area contributed by atoms with Gasteiger partial charge in [-0.3, -0.25) is 10.1 Å². The Morgan fingerprint density at radius 1 is 1.09 bits per heavy atom. The minimum Gasteiger partial charge on any atom is -0.296 e. The van der Waals surface area contributed by atoms with Crippen LogP contribution in [0.4, 0.5) is 5.13 Å². The summed E-state index contributed by atoms with van der Waals surface area (Å²) in [5.41, 5.74) is 2.60. The van der Waals surface area contributed by atoms with E-state index < -0.39 is 0 Å². The van der Waals surface area contributed by atoms with Crippen molar-refractivity contribution in [2.45, 2.75) is 30.4 Å². The fourth-order valence-corrected chi connectivity index (χ4v) is 6.12. The van der Waals surface area contributed by atoms with Crippen molar-refractivity contribution in [3.8, 4) is 5.69 Å². The molecule has 0 aliphatic heterocycles. The van der Waals surface area contributed by atoms with E-state index >= 15 is 0 Å². The molecule has 0 atom stereocenters. The van der Waals surface area contributed by atoms with Crippen LogP contribution in [-0.2, 0) is 12.2 Å². The van der Waals surface area contributed by atoms with Crippen molar-refractivity contribution in [2.75, 3.05) is 5.32 Å². The SMILES string of the molecule is CC(C)Cc1nnc(NC(=O)c2ccc(-n3nc(SCc4ccccc4)sc3=S)cc2)s1. The third-order valence-corrected chi connectivity index (χ3v) is 7.68. The van der Waals surface area contributed by atoms with Crippen LogP contribution in [-0.4, -0.2) is 25.9 Å². The van der Waals surface area contributed by atoms with Crippen LogP contribution in [0.15, 0.2) is 58.9 Å². The molecular formula is C22H21N5OS4. The molecule has 0 unspecified atom stereocenters. The zero-order valence-electron chi connectivity index (χ0n) is 17.5. The predicted molar refractivity (Wildman–Crippen MR) is 135 cm³/mol. The number of nitrogens with one attached hydrogen (secondary N) is 1. The van der Waals surface area contributed by atoms with Gasteiger partial charge in [0.2, 0.25) is 5.13 Å². The summed E-state index contributed by atoms with van der Waals surface area (Å²) < 4.78 is 3.32. The highest BCUT2D eigenvalue weighted by Crippen LogP contribution is 2.27. The van der Waals surface area contributed by atoms with Crippen molar-refractivity contribution < 1.29 is 4.79 Å². The Kier molecular flexibility index (Phi) is 7.46. The van der Waals surface area contributed by atoms with Crippen LogP contribution >= 0.6 is 46.7 Å². The molecule has 0 aliphatic carbocycles. The van der Waals surface area contributed by atoms with Crippen LogP contribution in [0.3, 0.4) is 0 Å². The molecule has 32 heavy (non-hydrogen) atoms. The molecule has 164 valence electrons. The van der Waals surface area contributed by atoms with Gasteiger partial charge in [-0.1, -0.05) is 78.6 Å². The highest BCUT2D eigenvalue weighted by molar-refractivity contribution is 8.00. The molecule has 4 aromatic rings. The average Bonchev–Trinajstić information content (AvgIpc) is 3.38. The van der Waals surface area contributed by atoms with Gasteiger partial charge in [-0.25, -0.2) is 4.68 Å². The lowest BCUT2D eigenvalue weighted by atomic mass is 10.1. The Morgan fingerprint density at radius 3 is 2.56 bits per heavy atom. The topological polar surface area (TPSA) is 72.7 Å². The van der Waals surface area contributed by atoms with E-state index in [-0.39, 0.29) is 5.91 Å². The Bertz CT molecular complexity index is 1250. The number of benzene rings is 2. The molecular weight excluding hydrogens is 479 g/mol. The number of hydrogen-bond donors (Lipinski definition) is 1. The predicted octanol–water partition coefficient (Wildman–Crippen LogP) is 6.26. The van der Waals surface area contributed by atoms with Crippen molar-refractivity contribution in [1.29, 1.82) is 0 Å². The Hall–Kier alpha value is -2.40. The van der Waals surface area contributed by atoms with Crippen LogP contribution in [0.2, 0.25) is 0 Å². The minimum absolute atomic E-state index is 0.218. The summed E-state index contributed by atoms with van der Waals surface area (Å²) in [7, 11) is 0. The molecule has 2 aromatic heterocycles. The molecule has 1 amide bonds. The van der Waals surface area contributed by atoms with E-state index in [1.54, 1.807) is 28.6 Å². The highest BCUT2D eigenvalue weighted by atomic mass is 32.2. The molecule has 0 saturated heterocycles. The lowest BCUT2D eigenvalue weighted by Gasteiger charge is -2.04. The van der Waals surface area contributed by atoms with Crippen molar-refractivity contribution in [3.63, 3.8) is 0 Å². The van der Waals surface area contributed by atoms with Crippen molar-refractivity contribution in [2.24, 2.45) is 5.92 Å². The number of amides is 1. The molecule has 0 radical (unpaired) electrons. The molecule has 0 spiro atoms. The quantitative estimate of drug-likeness (QED) is 0.228. The van der Waals surface area contributed by atoms with Gasteiger partial charge in [0.25, 0.3) is 5.91 Å². The lowest BCUT2D eigenvalue weighted by molar-refractivity contribution is 0.102. The van der Waals surface area contributed by atoms with E-state index in [1.807, 2.05) is 30.3 Å². The van der Waals surface area contributed by atoms with Crippen molar-refractivity contribution in [1.82, 2.24) is 20.0 Å². The van der Waals surface area contributed by atoms with Gasteiger partial charge in [-0.15, -0.1) is 15.3 Å². The van der Waals surface area contributed by atoms with Gasteiger partial charge >= 0.3 is 0 Å². The molecule has 0 aliphatic rings. The number of aromatic nitrogens is 4. The highest BCUT2D eigenvalue weighted by Gasteiger charge is 2.12. The molecule has 1 N–H and O–H groups in total. The first kappa shape index (κ1) is 22.8. The van der Waals surface area contributed by atoms with Crippen LogP contribution < -0.4 is 5.32 Å². The Morgan fingerprint density at radius 2 is 1.84 bits per heavy atom. The summed E-state index contributed by atoms with van der Waals surface area (Å²) in [5, 5.41) is 17.1. The summed E-state index contributed by atoms with van der Waals surface area (Å²) >= 11 is 10.1. The molecule has 6 nitrogen and oxygen atoms in total. The number of thioether (sulfide) groups is 1. The fraction of sp³-hybridized carbons (Fsp3) is 0.227. The number of carbonyl (C=O) groups is 1. The Balaban J connectivity index is 1.41. The number of hydrogen-bond acceptors (Lipinski definition) is 8. The van der Waals surface area contributed by atoms with Crippen LogP contribution in [0.5, 0.6) is 0 Å².